The number of amides is 1. The van der Waals surface area contributed by atoms with Crippen LogP contribution in [0.3, 0.4) is 0 Å². The summed E-state index contributed by atoms with van der Waals surface area (Å²) in [6.45, 7) is 5.99. The van der Waals surface area contributed by atoms with Crippen molar-refractivity contribution in [2.24, 2.45) is 0 Å². The molecule has 180 valence electrons. The third kappa shape index (κ3) is 5.61. The molecular weight excluding hydrogens is 466 g/mol. The monoisotopic (exact) mass is 490 g/mol. The lowest BCUT2D eigenvalue weighted by Gasteiger charge is -2.34. The van der Waals surface area contributed by atoms with Crippen LogP contribution in [0.4, 0.5) is 31.9 Å². The van der Waals surface area contributed by atoms with Crippen molar-refractivity contribution in [3.8, 4) is 0 Å². The normalized spacial score (nSPS) is 16.8. The number of halogens is 3. The Labute approximate surface area is 200 Å². The number of hydrogen-bond acceptors (Lipinski definition) is 8. The molecule has 1 fully saturated rings. The number of carbonyl (C=O) groups is 1. The topological polar surface area (TPSA) is 97.4 Å². The number of nitrogens with one attached hydrogen (secondary N) is 4. The maximum absolute atomic E-state index is 14.4. The molecule has 0 bridgehead atoms. The minimum Gasteiger partial charge on any atom is -0.336 e. The van der Waals surface area contributed by atoms with Crippen LogP contribution in [0.2, 0.25) is 5.02 Å². The molecule has 0 atom stereocenters. The molecule has 0 unspecified atom stereocenters. The first kappa shape index (κ1) is 23.9. The smallest absolute Gasteiger partial charge is 0.247 e. The molecular formula is C22H25ClF2N8O. The van der Waals surface area contributed by atoms with Crippen LogP contribution in [0.1, 0.15) is 12.8 Å². The molecule has 34 heavy (non-hydrogen) atoms. The van der Waals surface area contributed by atoms with Crippen LogP contribution < -0.4 is 21.4 Å². The Kier molecular flexibility index (Phi) is 7.25. The quantitative estimate of drug-likeness (QED) is 0.438. The summed E-state index contributed by atoms with van der Waals surface area (Å²) in [4.78, 5) is 22.3. The number of piperidine rings is 1. The van der Waals surface area contributed by atoms with Gasteiger partial charge in [0.1, 0.15) is 16.7 Å². The standard InChI is InChI=1S/C22H25ClF2N8O/c1-3-20(34)29-18-9-19(17(25)8-16(18)24)30-21-15(23)11-26-22(31-21)28-13-10-27-33(12-13)14-4-6-32(2)7-5-14/h3,8-9,11-12,14,27H,1,4-7,10H2,2H3,(H,29,34)(H2,26,28,30,31). The molecule has 1 saturated heterocycles. The van der Waals surface area contributed by atoms with Crippen molar-refractivity contribution in [1.29, 1.82) is 0 Å². The van der Waals surface area contributed by atoms with E-state index in [4.69, 9.17) is 11.6 Å². The first-order chi connectivity index (χ1) is 16.3. The Morgan fingerprint density at radius 1 is 1.24 bits per heavy atom. The van der Waals surface area contributed by atoms with Crippen LogP contribution in [0.5, 0.6) is 0 Å². The lowest BCUT2D eigenvalue weighted by molar-refractivity contribution is -0.111. The highest BCUT2D eigenvalue weighted by Gasteiger charge is 2.25. The molecule has 12 heteroatoms. The van der Waals surface area contributed by atoms with Crippen LogP contribution in [0, 0.1) is 11.6 Å². The maximum atomic E-state index is 14.4. The number of benzene rings is 1. The molecule has 0 aliphatic carbocycles. The van der Waals surface area contributed by atoms with E-state index in [1.807, 2.05) is 6.20 Å². The first-order valence-electron chi connectivity index (χ1n) is 10.7. The van der Waals surface area contributed by atoms with Gasteiger partial charge in [0, 0.05) is 18.3 Å². The van der Waals surface area contributed by atoms with Gasteiger partial charge in [-0.2, -0.15) is 4.98 Å². The van der Waals surface area contributed by atoms with E-state index in [1.54, 1.807) is 0 Å². The van der Waals surface area contributed by atoms with Crippen LogP contribution in [-0.4, -0.2) is 58.5 Å². The Bertz CT molecular complexity index is 1120. The SMILES string of the molecule is C=CC(=O)Nc1cc(Nc2nc(NC3=CN(C4CCN(C)CC4)NC3)ncc2Cl)c(F)cc1F. The summed E-state index contributed by atoms with van der Waals surface area (Å²) in [5, 5.41) is 10.4. The third-order valence-electron chi connectivity index (χ3n) is 5.60. The number of hydrazine groups is 1. The predicted octanol–water partition coefficient (Wildman–Crippen LogP) is 3.44. The molecule has 0 saturated carbocycles. The number of anilines is 4. The van der Waals surface area contributed by atoms with E-state index in [2.05, 4.69) is 54.9 Å². The van der Waals surface area contributed by atoms with Crippen molar-refractivity contribution in [2.45, 2.75) is 18.9 Å². The number of carbonyl (C=O) groups excluding carboxylic acids is 1. The van der Waals surface area contributed by atoms with Gasteiger partial charge in [0.25, 0.3) is 0 Å². The summed E-state index contributed by atoms with van der Waals surface area (Å²) < 4.78 is 28.4. The van der Waals surface area contributed by atoms with Gasteiger partial charge in [-0.3, -0.25) is 4.79 Å². The molecule has 4 N–H and O–H groups in total. The largest absolute Gasteiger partial charge is 0.336 e. The molecule has 2 aliphatic rings. The number of hydrogen-bond donors (Lipinski definition) is 4. The second-order valence-electron chi connectivity index (χ2n) is 8.08. The number of nitrogens with zero attached hydrogens (tertiary/aromatic N) is 4. The number of likely N-dealkylation sites (tertiary alicyclic amines) is 1. The second kappa shape index (κ2) is 10.3. The van der Waals surface area contributed by atoms with Gasteiger partial charge in [-0.25, -0.2) is 19.2 Å². The van der Waals surface area contributed by atoms with Crippen molar-refractivity contribution in [2.75, 3.05) is 42.6 Å². The Balaban J connectivity index is 1.48. The Hall–Kier alpha value is -3.28. The Morgan fingerprint density at radius 3 is 2.71 bits per heavy atom. The van der Waals surface area contributed by atoms with Crippen molar-refractivity contribution in [3.63, 3.8) is 0 Å². The summed E-state index contributed by atoms with van der Waals surface area (Å²) in [5.41, 5.74) is 3.89. The van der Waals surface area contributed by atoms with E-state index in [0.29, 0.717) is 18.7 Å². The minimum atomic E-state index is -0.927. The fraction of sp³-hybridized carbons (Fsp3) is 0.318. The summed E-state index contributed by atoms with van der Waals surface area (Å²) in [5.74, 6) is -2.06. The average molecular weight is 491 g/mol. The van der Waals surface area contributed by atoms with E-state index in [9.17, 15) is 13.6 Å². The van der Waals surface area contributed by atoms with Crippen molar-refractivity contribution >= 4 is 40.6 Å². The van der Waals surface area contributed by atoms with Crippen molar-refractivity contribution < 1.29 is 13.6 Å². The lowest BCUT2D eigenvalue weighted by atomic mass is 10.1. The average Bonchev–Trinajstić information content (AvgIpc) is 3.28. The van der Waals surface area contributed by atoms with E-state index >= 15 is 0 Å². The highest BCUT2D eigenvalue weighted by molar-refractivity contribution is 6.32. The van der Waals surface area contributed by atoms with Crippen LogP contribution in [-0.2, 0) is 4.79 Å². The van der Waals surface area contributed by atoms with E-state index in [0.717, 1.165) is 43.8 Å². The van der Waals surface area contributed by atoms with E-state index < -0.39 is 17.5 Å². The molecule has 9 nitrogen and oxygen atoms in total. The van der Waals surface area contributed by atoms with Gasteiger partial charge in [0.15, 0.2) is 5.82 Å². The minimum absolute atomic E-state index is 0.115. The van der Waals surface area contributed by atoms with Gasteiger partial charge in [-0.15, -0.1) is 0 Å². The van der Waals surface area contributed by atoms with Gasteiger partial charge >= 0.3 is 0 Å². The lowest BCUT2D eigenvalue weighted by Crippen LogP contribution is -2.45. The summed E-state index contributed by atoms with van der Waals surface area (Å²) in [6.07, 6.45) is 6.48. The summed E-state index contributed by atoms with van der Waals surface area (Å²) >= 11 is 6.20. The molecule has 0 radical (unpaired) electrons. The number of aromatic nitrogens is 2. The zero-order valence-electron chi connectivity index (χ0n) is 18.5. The van der Waals surface area contributed by atoms with E-state index in [1.165, 1.54) is 6.20 Å². The Morgan fingerprint density at radius 2 is 1.97 bits per heavy atom. The zero-order chi connectivity index (χ0) is 24.2. The molecule has 1 amide bonds. The van der Waals surface area contributed by atoms with Gasteiger partial charge < -0.3 is 25.9 Å². The second-order valence-corrected chi connectivity index (χ2v) is 8.48. The summed E-state index contributed by atoms with van der Waals surface area (Å²) in [6, 6.07) is 2.18. The highest BCUT2D eigenvalue weighted by Crippen LogP contribution is 2.29. The fourth-order valence-corrected chi connectivity index (χ4v) is 3.87. The number of rotatable bonds is 7. The maximum Gasteiger partial charge on any atom is 0.247 e. The molecule has 4 rings (SSSR count). The fourth-order valence-electron chi connectivity index (χ4n) is 3.73. The molecule has 2 aliphatic heterocycles. The zero-order valence-corrected chi connectivity index (χ0v) is 19.3. The predicted molar refractivity (Wildman–Crippen MR) is 128 cm³/mol. The molecule has 3 heterocycles. The van der Waals surface area contributed by atoms with Crippen molar-refractivity contribution in [3.05, 3.63) is 59.5 Å². The molecule has 1 aromatic carbocycles. The van der Waals surface area contributed by atoms with Gasteiger partial charge in [0.05, 0.1) is 29.8 Å². The van der Waals surface area contributed by atoms with E-state index in [-0.39, 0.29) is 28.2 Å². The van der Waals surface area contributed by atoms with Crippen LogP contribution >= 0.6 is 11.6 Å². The highest BCUT2D eigenvalue weighted by atomic mass is 35.5. The van der Waals surface area contributed by atoms with Gasteiger partial charge in [0.2, 0.25) is 11.9 Å². The van der Waals surface area contributed by atoms with Crippen LogP contribution in [0.15, 0.2) is 42.9 Å². The summed E-state index contributed by atoms with van der Waals surface area (Å²) in [7, 11) is 2.12. The molecule has 0 spiro atoms. The third-order valence-corrected chi connectivity index (χ3v) is 5.87. The van der Waals surface area contributed by atoms with Crippen molar-refractivity contribution in [1.82, 2.24) is 25.3 Å². The molecule has 2 aromatic rings. The molecule has 1 aromatic heterocycles. The van der Waals surface area contributed by atoms with Gasteiger partial charge in [-0.1, -0.05) is 18.2 Å². The van der Waals surface area contributed by atoms with Crippen LogP contribution in [0.25, 0.3) is 0 Å². The first-order valence-corrected chi connectivity index (χ1v) is 11.1. The van der Waals surface area contributed by atoms with Gasteiger partial charge in [-0.05, 0) is 45.1 Å².